The molecule has 0 aromatic heterocycles. The van der Waals surface area contributed by atoms with E-state index in [1.54, 1.807) is 13.0 Å². The Balaban J connectivity index is 1.53. The molecule has 1 fully saturated rings. The summed E-state index contributed by atoms with van der Waals surface area (Å²) in [5, 5.41) is 0. The van der Waals surface area contributed by atoms with E-state index in [2.05, 4.69) is 155 Å². The zero-order valence-corrected chi connectivity index (χ0v) is 26.7. The van der Waals surface area contributed by atoms with E-state index in [1.807, 2.05) is 38.1 Å². The molecular formula is C42H29N3O2. The first kappa shape index (κ1) is 33.0. The molecule has 0 radical (unpaired) electrons. The van der Waals surface area contributed by atoms with Gasteiger partial charge in [0.25, 0.3) is 0 Å². The normalized spacial score (nSPS) is 12.5. The third-order valence-corrected chi connectivity index (χ3v) is 6.19. The van der Waals surface area contributed by atoms with Gasteiger partial charge >= 0.3 is 11.9 Å². The lowest BCUT2D eigenvalue weighted by atomic mass is 10.1. The Kier molecular flexibility index (Phi) is 11.8. The zero-order valence-electron chi connectivity index (χ0n) is 26.7. The van der Waals surface area contributed by atoms with Gasteiger partial charge in [-0.15, -0.1) is 0 Å². The molecule has 0 N–H and O–H groups in total. The molecule has 3 aromatic rings. The van der Waals surface area contributed by atoms with Crippen LogP contribution in [0.3, 0.4) is 0 Å². The van der Waals surface area contributed by atoms with Crippen LogP contribution in [0.2, 0.25) is 0 Å². The summed E-state index contributed by atoms with van der Waals surface area (Å²) in [6, 6.07) is 27.4. The number of hydrogen-bond acceptors (Lipinski definition) is 4. The second kappa shape index (κ2) is 16.8. The minimum atomic E-state index is -0.438. The van der Waals surface area contributed by atoms with Gasteiger partial charge in [0.1, 0.15) is 0 Å². The first-order valence-electron chi connectivity index (χ1n) is 14.6. The highest BCUT2D eigenvalue weighted by molar-refractivity contribution is 6.12. The zero-order chi connectivity index (χ0) is 33.4. The van der Waals surface area contributed by atoms with Crippen molar-refractivity contribution in [3.05, 3.63) is 95.2 Å². The van der Waals surface area contributed by atoms with Gasteiger partial charge in [-0.3, -0.25) is 4.79 Å². The van der Waals surface area contributed by atoms with Gasteiger partial charge in [-0.1, -0.05) is 53.4 Å². The molecule has 0 bridgehead atoms. The van der Waals surface area contributed by atoms with Crippen LogP contribution in [0.25, 0.3) is 6.08 Å². The van der Waals surface area contributed by atoms with Gasteiger partial charge in [-0.2, -0.15) is 4.90 Å². The fraction of sp³-hybridized carbons (Fsp3) is 0.143. The lowest BCUT2D eigenvalue weighted by Gasteiger charge is -2.25. The van der Waals surface area contributed by atoms with Crippen LogP contribution < -0.4 is 4.90 Å². The molecule has 0 atom stereocenters. The van der Waals surface area contributed by atoms with Gasteiger partial charge in [0, 0.05) is 64.7 Å². The maximum absolute atomic E-state index is 13.3. The Hall–Kier alpha value is -6.94. The first-order chi connectivity index (χ1) is 22.9. The van der Waals surface area contributed by atoms with Gasteiger partial charge in [-0.25, -0.2) is 4.99 Å². The van der Waals surface area contributed by atoms with Crippen molar-refractivity contribution >= 4 is 35.1 Å². The average molecular weight is 608 g/mol. The maximum atomic E-state index is 13.3. The smallest absolute Gasteiger partial charge is 0.313 e. The molecular weight excluding hydrogens is 578 g/mol. The Bertz CT molecular complexity index is 2110. The molecule has 4 rings (SSSR count). The Morgan fingerprint density at radius 3 is 1.53 bits per heavy atom. The molecule has 0 spiro atoms. The molecule has 0 unspecified atom stereocenters. The number of ether oxygens (including phenoxy) is 1. The minimum Gasteiger partial charge on any atom is -0.419 e. The molecule has 47 heavy (non-hydrogen) atoms. The van der Waals surface area contributed by atoms with Crippen LogP contribution >= 0.6 is 0 Å². The lowest BCUT2D eigenvalue weighted by molar-refractivity contribution is -0.120. The molecule has 5 nitrogen and oxygen atoms in total. The second-order valence-corrected chi connectivity index (χ2v) is 10.2. The van der Waals surface area contributed by atoms with Crippen molar-refractivity contribution in [2.75, 3.05) is 4.90 Å². The quantitative estimate of drug-likeness (QED) is 0.239. The molecule has 0 aliphatic carbocycles. The number of aliphatic imine (C=N–C) groups is 1. The van der Waals surface area contributed by atoms with Crippen LogP contribution in [0, 0.1) is 96.9 Å². The summed E-state index contributed by atoms with van der Waals surface area (Å²) < 4.78 is 5.85. The van der Waals surface area contributed by atoms with E-state index in [1.165, 1.54) is 11.1 Å². The lowest BCUT2D eigenvalue weighted by Crippen LogP contribution is -2.25. The Morgan fingerprint density at radius 2 is 1.09 bits per heavy atom. The number of aryl methyl sites for hydroxylation is 2. The number of hydrogen-bond donors (Lipinski definition) is 0. The van der Waals surface area contributed by atoms with Gasteiger partial charge in [0.2, 0.25) is 0 Å². The predicted octanol–water partition coefficient (Wildman–Crippen LogP) is 6.74. The van der Waals surface area contributed by atoms with Gasteiger partial charge in [0.15, 0.2) is 5.76 Å². The third kappa shape index (κ3) is 9.78. The number of nitrogens with zero attached hydrogens (tertiary/aromatic N) is 3. The molecule has 1 aliphatic rings. The second-order valence-electron chi connectivity index (χ2n) is 10.2. The summed E-state index contributed by atoms with van der Waals surface area (Å²) in [6.45, 7) is 9.60. The summed E-state index contributed by atoms with van der Waals surface area (Å²) in [4.78, 5) is 21.0. The molecule has 224 valence electrons. The monoisotopic (exact) mass is 607 g/mol. The number of rotatable bonds is 5. The molecule has 1 amide bonds. The van der Waals surface area contributed by atoms with Gasteiger partial charge in [-0.05, 0) is 118 Å². The minimum absolute atomic E-state index is 0.0932. The van der Waals surface area contributed by atoms with Crippen LogP contribution in [-0.2, 0) is 9.53 Å². The standard InChI is InChI=1S/C42H29N3O2/c1-6-7-8-9-10-11-12-13-14-15-16-17-18-31-44-41(46)40(47-42(44)43-33(2)3)32-36-23-29-39(30-24-36)45(37-25-19-34(4)20-26-37)38-27-21-35(5)22-28-38/h19-30,32-33H,1-5H3/b40-32+,43-42?. The van der Waals surface area contributed by atoms with Crippen LogP contribution in [0.15, 0.2) is 83.5 Å². The van der Waals surface area contributed by atoms with Gasteiger partial charge in [0.05, 0.1) is 0 Å². The highest BCUT2D eigenvalue weighted by Crippen LogP contribution is 2.35. The molecule has 1 saturated heterocycles. The SMILES string of the molecule is CC#CC#CC#CC#CC#CC#CC#CN1C(=O)/C(=C\c2ccc(N(c3ccc(C)cc3)c3ccc(C)cc3)cc2)OC1=NC(C)C. The number of carbonyl (C=O) groups is 1. The molecule has 5 heteroatoms. The summed E-state index contributed by atoms with van der Waals surface area (Å²) >= 11 is 0. The van der Waals surface area contributed by atoms with E-state index in [9.17, 15) is 4.79 Å². The summed E-state index contributed by atoms with van der Waals surface area (Å²) in [5.74, 6) is 33.1. The van der Waals surface area contributed by atoms with Crippen molar-refractivity contribution in [3.63, 3.8) is 0 Å². The van der Waals surface area contributed by atoms with E-state index in [4.69, 9.17) is 4.74 Å². The van der Waals surface area contributed by atoms with E-state index in [-0.39, 0.29) is 17.8 Å². The summed E-state index contributed by atoms with van der Waals surface area (Å²) in [5.41, 5.74) is 6.22. The fourth-order valence-electron chi connectivity index (χ4n) is 4.04. The largest absolute Gasteiger partial charge is 0.419 e. The Labute approximate surface area is 277 Å². The Morgan fingerprint density at radius 1 is 0.660 bits per heavy atom. The summed E-state index contributed by atoms with van der Waals surface area (Å²) in [6.07, 6.45) is 1.67. The van der Waals surface area contributed by atoms with Crippen LogP contribution in [-0.4, -0.2) is 22.9 Å². The topological polar surface area (TPSA) is 45.1 Å². The van der Waals surface area contributed by atoms with E-state index in [0.29, 0.717) is 0 Å². The number of amides is 1. The van der Waals surface area contributed by atoms with E-state index >= 15 is 0 Å². The van der Waals surface area contributed by atoms with Crippen LogP contribution in [0.4, 0.5) is 17.1 Å². The fourth-order valence-corrected chi connectivity index (χ4v) is 4.04. The predicted molar refractivity (Wildman–Crippen MR) is 189 cm³/mol. The van der Waals surface area contributed by atoms with Crippen LogP contribution in [0.1, 0.15) is 37.5 Å². The first-order valence-corrected chi connectivity index (χ1v) is 14.6. The molecule has 1 aliphatic heterocycles. The number of carbonyl (C=O) groups excluding carboxylic acids is 1. The highest BCUT2D eigenvalue weighted by Gasteiger charge is 2.34. The molecule has 3 aromatic carbocycles. The van der Waals surface area contributed by atoms with Crippen LogP contribution in [0.5, 0.6) is 0 Å². The van der Waals surface area contributed by atoms with Crippen molar-refractivity contribution < 1.29 is 9.53 Å². The van der Waals surface area contributed by atoms with Crippen molar-refractivity contribution in [1.82, 2.24) is 4.90 Å². The van der Waals surface area contributed by atoms with Crippen molar-refractivity contribution in [2.45, 2.75) is 40.7 Å². The number of amidine groups is 1. The third-order valence-electron chi connectivity index (χ3n) is 6.19. The average Bonchev–Trinajstić information content (AvgIpc) is 3.34. The van der Waals surface area contributed by atoms with E-state index < -0.39 is 5.91 Å². The number of benzene rings is 3. The van der Waals surface area contributed by atoms with E-state index in [0.717, 1.165) is 27.5 Å². The molecule has 1 heterocycles. The number of anilines is 3. The molecule has 0 saturated carbocycles. The summed E-state index contributed by atoms with van der Waals surface area (Å²) in [7, 11) is 0. The van der Waals surface area contributed by atoms with Gasteiger partial charge < -0.3 is 9.64 Å². The van der Waals surface area contributed by atoms with Crippen molar-refractivity contribution in [2.24, 2.45) is 4.99 Å². The van der Waals surface area contributed by atoms with Crippen molar-refractivity contribution in [3.8, 4) is 83.0 Å². The maximum Gasteiger partial charge on any atom is 0.313 e. The van der Waals surface area contributed by atoms with Crippen molar-refractivity contribution in [1.29, 1.82) is 0 Å². The highest BCUT2D eigenvalue weighted by atomic mass is 16.5.